The third-order valence-electron chi connectivity index (χ3n) is 2.73. The van der Waals surface area contributed by atoms with Crippen molar-refractivity contribution in [2.75, 3.05) is 13.6 Å². The fourth-order valence-electron chi connectivity index (χ4n) is 1.90. The zero-order valence-corrected chi connectivity index (χ0v) is 10.9. The Hall–Kier alpha value is -0.800. The molecule has 0 saturated heterocycles. The smallest absolute Gasteiger partial charge is 0.117 e. The first-order valence-corrected chi connectivity index (χ1v) is 5.85. The lowest BCUT2D eigenvalue weighted by Gasteiger charge is -2.31. The summed E-state index contributed by atoms with van der Waals surface area (Å²) in [7, 11) is 2.10. The van der Waals surface area contributed by atoms with Crippen LogP contribution in [0, 0.1) is 5.41 Å². The van der Waals surface area contributed by atoms with E-state index in [1.807, 2.05) is 12.1 Å². The van der Waals surface area contributed by atoms with Gasteiger partial charge in [0, 0.05) is 12.6 Å². The van der Waals surface area contributed by atoms with Gasteiger partial charge in [-0.3, -0.25) is 4.90 Å². The second-order valence-electron chi connectivity index (χ2n) is 5.65. The van der Waals surface area contributed by atoms with E-state index in [1.165, 1.54) is 0 Å². The van der Waals surface area contributed by atoms with E-state index >= 15 is 0 Å². The van der Waals surface area contributed by atoms with Crippen LogP contribution in [0.5, 0.6) is 0 Å². The molecule has 16 heavy (non-hydrogen) atoms. The van der Waals surface area contributed by atoms with Crippen molar-refractivity contribution >= 4 is 0 Å². The van der Waals surface area contributed by atoms with E-state index in [-0.39, 0.29) is 0 Å². The maximum Gasteiger partial charge on any atom is 0.117 e. The van der Waals surface area contributed by atoms with E-state index in [0.29, 0.717) is 18.0 Å². The van der Waals surface area contributed by atoms with Crippen LogP contribution in [0.15, 0.2) is 22.8 Å². The minimum Gasteiger partial charge on any atom is -0.468 e. The first-order valence-electron chi connectivity index (χ1n) is 5.85. The van der Waals surface area contributed by atoms with E-state index in [2.05, 4.69) is 32.7 Å². The van der Waals surface area contributed by atoms with Gasteiger partial charge in [-0.2, -0.15) is 0 Å². The Morgan fingerprint density at radius 3 is 2.56 bits per heavy atom. The lowest BCUT2D eigenvalue weighted by molar-refractivity contribution is 0.167. The first-order chi connectivity index (χ1) is 7.42. The van der Waals surface area contributed by atoms with Gasteiger partial charge in [0.2, 0.25) is 0 Å². The Kier molecular flexibility index (Phi) is 4.56. The Labute approximate surface area is 98.6 Å². The molecule has 0 aliphatic carbocycles. The lowest BCUT2D eigenvalue weighted by atomic mass is 9.87. The number of nitrogens with zero attached hydrogens (tertiary/aromatic N) is 1. The second kappa shape index (κ2) is 5.51. The van der Waals surface area contributed by atoms with Crippen LogP contribution in [0.25, 0.3) is 0 Å². The Bertz CT molecular complexity index is 287. The molecular weight excluding hydrogens is 200 g/mol. The molecule has 1 aromatic rings. The normalized spacial score (nSPS) is 14.4. The van der Waals surface area contributed by atoms with Crippen molar-refractivity contribution in [3.8, 4) is 0 Å². The van der Waals surface area contributed by atoms with E-state index < -0.39 is 0 Å². The molecule has 3 heteroatoms. The number of hydrogen-bond acceptors (Lipinski definition) is 3. The largest absolute Gasteiger partial charge is 0.468 e. The third-order valence-corrected chi connectivity index (χ3v) is 2.73. The van der Waals surface area contributed by atoms with Crippen LogP contribution in [0.3, 0.4) is 0 Å². The fourth-order valence-corrected chi connectivity index (χ4v) is 1.90. The van der Waals surface area contributed by atoms with Crippen molar-refractivity contribution in [3.63, 3.8) is 0 Å². The van der Waals surface area contributed by atoms with Crippen molar-refractivity contribution in [1.29, 1.82) is 0 Å². The molecule has 3 nitrogen and oxygen atoms in total. The highest BCUT2D eigenvalue weighted by atomic mass is 16.3. The van der Waals surface area contributed by atoms with Crippen LogP contribution in [0.1, 0.15) is 33.0 Å². The van der Waals surface area contributed by atoms with Crippen LogP contribution >= 0.6 is 0 Å². The molecule has 1 rings (SSSR count). The minimum atomic E-state index is 0.307. The van der Waals surface area contributed by atoms with Gasteiger partial charge in [-0.05, 0) is 31.0 Å². The molecule has 0 amide bonds. The van der Waals surface area contributed by atoms with Crippen molar-refractivity contribution in [3.05, 3.63) is 24.2 Å². The van der Waals surface area contributed by atoms with Gasteiger partial charge in [0.1, 0.15) is 5.76 Å². The summed E-state index contributed by atoms with van der Waals surface area (Å²) < 4.78 is 5.35. The number of rotatable bonds is 5. The van der Waals surface area contributed by atoms with E-state index in [4.69, 9.17) is 10.2 Å². The molecule has 1 unspecified atom stereocenters. The summed E-state index contributed by atoms with van der Waals surface area (Å²) in [6.07, 6.45) is 2.81. The Balaban J connectivity index is 2.52. The molecule has 0 aliphatic heterocycles. The zero-order chi connectivity index (χ0) is 12.2. The number of likely N-dealkylation sites (N-methyl/N-ethyl adjacent to an activating group) is 1. The highest BCUT2D eigenvalue weighted by Gasteiger charge is 2.21. The summed E-state index contributed by atoms with van der Waals surface area (Å²) in [5.41, 5.74) is 6.14. The highest BCUT2D eigenvalue weighted by molar-refractivity contribution is 4.98. The molecule has 1 aromatic heterocycles. The summed E-state index contributed by atoms with van der Waals surface area (Å²) >= 11 is 0. The maximum absolute atomic E-state index is 5.84. The van der Waals surface area contributed by atoms with Crippen molar-refractivity contribution in [1.82, 2.24) is 4.90 Å². The van der Waals surface area contributed by atoms with E-state index in [0.717, 1.165) is 18.7 Å². The second-order valence-corrected chi connectivity index (χ2v) is 5.65. The average Bonchev–Trinajstić information content (AvgIpc) is 2.65. The van der Waals surface area contributed by atoms with Crippen molar-refractivity contribution in [2.45, 2.75) is 39.8 Å². The van der Waals surface area contributed by atoms with Gasteiger partial charge in [0.15, 0.2) is 0 Å². The molecular formula is C13H24N2O. The summed E-state index contributed by atoms with van der Waals surface area (Å²) in [4.78, 5) is 2.27. The van der Waals surface area contributed by atoms with E-state index in [1.54, 1.807) is 6.26 Å². The van der Waals surface area contributed by atoms with Gasteiger partial charge in [-0.25, -0.2) is 0 Å². The van der Waals surface area contributed by atoms with Gasteiger partial charge in [0.25, 0.3) is 0 Å². The molecule has 0 aliphatic rings. The standard InChI is InChI=1S/C13H24N2O/c1-13(2,3)8-11(9-14)15(4)10-12-6-5-7-16-12/h5-7,11H,8-10,14H2,1-4H3. The predicted octanol–water partition coefficient (Wildman–Crippen LogP) is 2.47. The molecule has 0 radical (unpaired) electrons. The van der Waals surface area contributed by atoms with Crippen LogP contribution in [0.2, 0.25) is 0 Å². The molecule has 0 bridgehead atoms. The van der Waals surface area contributed by atoms with Gasteiger partial charge in [0.05, 0.1) is 12.8 Å². The van der Waals surface area contributed by atoms with E-state index in [9.17, 15) is 0 Å². The topological polar surface area (TPSA) is 42.4 Å². The molecule has 1 heterocycles. The fraction of sp³-hybridized carbons (Fsp3) is 0.692. The summed E-state index contributed by atoms with van der Waals surface area (Å²) in [5, 5.41) is 0. The summed E-state index contributed by atoms with van der Waals surface area (Å²) in [6.45, 7) is 8.25. The molecule has 0 saturated carbocycles. The lowest BCUT2D eigenvalue weighted by Crippen LogP contribution is -2.40. The highest BCUT2D eigenvalue weighted by Crippen LogP contribution is 2.23. The van der Waals surface area contributed by atoms with Crippen LogP contribution < -0.4 is 5.73 Å². The summed E-state index contributed by atoms with van der Waals surface area (Å²) in [5.74, 6) is 0.995. The Morgan fingerprint density at radius 2 is 2.12 bits per heavy atom. The predicted molar refractivity (Wildman–Crippen MR) is 67.1 cm³/mol. The molecule has 0 spiro atoms. The maximum atomic E-state index is 5.84. The van der Waals surface area contributed by atoms with Crippen LogP contribution in [0.4, 0.5) is 0 Å². The molecule has 2 N–H and O–H groups in total. The van der Waals surface area contributed by atoms with Gasteiger partial charge in [-0.1, -0.05) is 20.8 Å². The molecule has 92 valence electrons. The number of furan rings is 1. The average molecular weight is 224 g/mol. The summed E-state index contributed by atoms with van der Waals surface area (Å²) in [6, 6.07) is 4.33. The van der Waals surface area contributed by atoms with Crippen LogP contribution in [-0.2, 0) is 6.54 Å². The quantitative estimate of drug-likeness (QED) is 0.835. The number of hydrogen-bond donors (Lipinski definition) is 1. The minimum absolute atomic E-state index is 0.307. The molecule has 0 fully saturated rings. The molecule has 0 aromatic carbocycles. The van der Waals surface area contributed by atoms with Gasteiger partial charge in [-0.15, -0.1) is 0 Å². The SMILES string of the molecule is CN(Cc1ccco1)C(CN)CC(C)(C)C. The monoisotopic (exact) mass is 224 g/mol. The number of nitrogens with two attached hydrogens (primary N) is 1. The first kappa shape index (κ1) is 13.3. The van der Waals surface area contributed by atoms with Crippen molar-refractivity contribution in [2.24, 2.45) is 11.1 Å². The van der Waals surface area contributed by atoms with Gasteiger partial charge >= 0.3 is 0 Å². The third kappa shape index (κ3) is 4.37. The van der Waals surface area contributed by atoms with Crippen molar-refractivity contribution < 1.29 is 4.42 Å². The Morgan fingerprint density at radius 1 is 1.44 bits per heavy atom. The van der Waals surface area contributed by atoms with Crippen LogP contribution in [-0.4, -0.2) is 24.5 Å². The zero-order valence-electron chi connectivity index (χ0n) is 10.9. The molecule has 1 atom stereocenters. The van der Waals surface area contributed by atoms with Gasteiger partial charge < -0.3 is 10.2 Å².